The highest BCUT2D eigenvalue weighted by Crippen LogP contribution is 2.30. The second-order valence-corrected chi connectivity index (χ2v) is 5.99. The van der Waals surface area contributed by atoms with Gasteiger partial charge < -0.3 is 9.47 Å². The van der Waals surface area contributed by atoms with Gasteiger partial charge in [-0.05, 0) is 18.1 Å². The number of carbonyl (C=O) groups excluding carboxylic acids is 2. The van der Waals surface area contributed by atoms with Gasteiger partial charge in [-0.15, -0.1) is 0 Å². The topological polar surface area (TPSA) is 76.7 Å². The molecule has 2 aromatic carbocycles. The van der Waals surface area contributed by atoms with Gasteiger partial charge in [-0.3, -0.25) is 10.6 Å². The van der Waals surface area contributed by atoms with Gasteiger partial charge in [0, 0.05) is 6.54 Å². The molecule has 29 heavy (non-hydrogen) atoms. The quantitative estimate of drug-likeness (QED) is 0.514. The lowest BCUT2D eigenvalue weighted by Crippen LogP contribution is -2.72. The molecule has 0 radical (unpaired) electrons. The van der Waals surface area contributed by atoms with Gasteiger partial charge in [0.05, 0.1) is 6.61 Å². The minimum Gasteiger partial charge on any atom is -0.463 e. The van der Waals surface area contributed by atoms with Crippen molar-refractivity contribution in [2.24, 2.45) is 0 Å². The summed E-state index contributed by atoms with van der Waals surface area (Å²) in [7, 11) is 0. The third kappa shape index (κ3) is 5.95. The summed E-state index contributed by atoms with van der Waals surface area (Å²) >= 11 is 0. The van der Waals surface area contributed by atoms with Gasteiger partial charge in [-0.1, -0.05) is 60.7 Å². The van der Waals surface area contributed by atoms with Crippen molar-refractivity contribution >= 4 is 12.1 Å². The van der Waals surface area contributed by atoms with Crippen molar-refractivity contribution in [2.75, 3.05) is 6.61 Å². The van der Waals surface area contributed by atoms with Crippen LogP contribution in [0.1, 0.15) is 18.1 Å². The van der Waals surface area contributed by atoms with Crippen molar-refractivity contribution in [2.45, 2.75) is 31.9 Å². The number of rotatable bonds is 8. The van der Waals surface area contributed by atoms with Crippen LogP contribution in [0.15, 0.2) is 60.7 Å². The number of nitrogens with one attached hydrogen (secondary N) is 2. The standard InChI is InChI=1S/C20H21F3N2O4/c1-2-28-17(26)19(20(21,22)23,24-13-15-9-5-3-6-10-15)25-18(27)29-14-16-11-7-4-8-12-16/h3-12,24H,2,13-14H2,1H3,(H,25,27). The average molecular weight is 410 g/mol. The molecule has 0 aliphatic rings. The van der Waals surface area contributed by atoms with Crippen LogP contribution in [-0.4, -0.2) is 30.5 Å². The smallest absolute Gasteiger partial charge is 0.436 e. The second kappa shape index (κ2) is 9.92. The number of alkyl carbamates (subject to hydrolysis) is 1. The first-order valence-electron chi connectivity index (χ1n) is 8.80. The first kappa shape index (κ1) is 22.2. The number of hydrogen-bond donors (Lipinski definition) is 2. The third-order valence-electron chi connectivity index (χ3n) is 3.91. The minimum absolute atomic E-state index is 0.262. The van der Waals surface area contributed by atoms with E-state index in [1.165, 1.54) is 6.92 Å². The Labute approximate surface area is 166 Å². The lowest BCUT2D eigenvalue weighted by Gasteiger charge is -2.34. The van der Waals surface area contributed by atoms with Crippen LogP contribution < -0.4 is 10.6 Å². The predicted octanol–water partition coefficient (Wildman–Crippen LogP) is 3.52. The molecule has 9 heteroatoms. The van der Waals surface area contributed by atoms with Gasteiger partial charge in [0.15, 0.2) is 0 Å². The fourth-order valence-electron chi connectivity index (χ4n) is 2.44. The number of alkyl halides is 3. The Morgan fingerprint density at radius 1 is 0.897 bits per heavy atom. The highest BCUT2D eigenvalue weighted by molar-refractivity contribution is 5.86. The largest absolute Gasteiger partial charge is 0.463 e. The van der Waals surface area contributed by atoms with Crippen LogP contribution in [0.25, 0.3) is 0 Å². The molecule has 6 nitrogen and oxygen atoms in total. The molecule has 0 aliphatic carbocycles. The number of amides is 1. The molecule has 1 amide bonds. The van der Waals surface area contributed by atoms with Gasteiger partial charge in [-0.2, -0.15) is 13.2 Å². The Morgan fingerprint density at radius 2 is 1.45 bits per heavy atom. The zero-order chi connectivity index (χ0) is 21.3. The molecule has 0 saturated heterocycles. The molecule has 0 saturated carbocycles. The number of hydrogen-bond acceptors (Lipinski definition) is 5. The Balaban J connectivity index is 2.21. The molecule has 1 atom stereocenters. The molecule has 1 unspecified atom stereocenters. The minimum atomic E-state index is -5.19. The van der Waals surface area contributed by atoms with Crippen LogP contribution in [0.3, 0.4) is 0 Å². The van der Waals surface area contributed by atoms with Gasteiger partial charge >= 0.3 is 18.2 Å². The normalized spacial score (nSPS) is 13.2. The number of benzene rings is 2. The van der Waals surface area contributed by atoms with Crippen LogP contribution in [0.2, 0.25) is 0 Å². The maximum absolute atomic E-state index is 13.9. The van der Waals surface area contributed by atoms with E-state index in [1.54, 1.807) is 66.0 Å². The fraction of sp³-hybridized carbons (Fsp3) is 0.300. The summed E-state index contributed by atoms with van der Waals surface area (Å²) in [5.41, 5.74) is -2.41. The summed E-state index contributed by atoms with van der Waals surface area (Å²) < 4.78 is 51.3. The van der Waals surface area contributed by atoms with E-state index in [0.717, 1.165) is 0 Å². The predicted molar refractivity (Wildman–Crippen MR) is 98.5 cm³/mol. The molecule has 0 aromatic heterocycles. The fourth-order valence-corrected chi connectivity index (χ4v) is 2.44. The lowest BCUT2D eigenvalue weighted by atomic mass is 10.1. The van der Waals surface area contributed by atoms with Crippen LogP contribution in [0.5, 0.6) is 0 Å². The Morgan fingerprint density at radius 3 is 1.97 bits per heavy atom. The van der Waals surface area contributed by atoms with Gasteiger partial charge in [0.2, 0.25) is 0 Å². The molecule has 0 spiro atoms. The van der Waals surface area contributed by atoms with E-state index >= 15 is 0 Å². The molecule has 0 aliphatic heterocycles. The number of carbonyl (C=O) groups is 2. The van der Waals surface area contributed by atoms with Crippen LogP contribution >= 0.6 is 0 Å². The van der Waals surface area contributed by atoms with Crippen molar-refractivity contribution < 1.29 is 32.2 Å². The van der Waals surface area contributed by atoms with E-state index in [1.807, 2.05) is 0 Å². The molecule has 2 aromatic rings. The van der Waals surface area contributed by atoms with E-state index in [2.05, 4.69) is 10.1 Å². The Bertz CT molecular complexity index is 800. The molecule has 0 bridgehead atoms. The first-order valence-corrected chi connectivity index (χ1v) is 8.80. The zero-order valence-electron chi connectivity index (χ0n) is 15.7. The average Bonchev–Trinajstić information content (AvgIpc) is 2.70. The number of esters is 1. The Hall–Kier alpha value is -3.07. The molecule has 156 valence electrons. The van der Waals surface area contributed by atoms with E-state index in [9.17, 15) is 22.8 Å². The van der Waals surface area contributed by atoms with Crippen molar-refractivity contribution in [1.82, 2.24) is 10.6 Å². The molecular weight excluding hydrogens is 389 g/mol. The second-order valence-electron chi connectivity index (χ2n) is 5.99. The van der Waals surface area contributed by atoms with E-state index in [4.69, 9.17) is 4.74 Å². The van der Waals surface area contributed by atoms with E-state index in [-0.39, 0.29) is 19.8 Å². The monoisotopic (exact) mass is 410 g/mol. The summed E-state index contributed by atoms with van der Waals surface area (Å²) in [6.45, 7) is 0.453. The van der Waals surface area contributed by atoms with Gasteiger partial charge in [0.25, 0.3) is 5.66 Å². The number of ether oxygens (including phenoxy) is 2. The summed E-state index contributed by atoms with van der Waals surface area (Å²) in [5, 5.41) is 3.72. The van der Waals surface area contributed by atoms with Crippen molar-refractivity contribution in [3.63, 3.8) is 0 Å². The molecule has 2 N–H and O–H groups in total. The maximum Gasteiger partial charge on any atom is 0.436 e. The van der Waals surface area contributed by atoms with Crippen LogP contribution in [0.4, 0.5) is 18.0 Å². The molecule has 0 fully saturated rings. The summed E-state index contributed by atoms with van der Waals surface area (Å²) in [6.07, 6.45) is -6.61. The SMILES string of the molecule is CCOC(=O)C(NCc1ccccc1)(NC(=O)OCc1ccccc1)C(F)(F)F. The van der Waals surface area contributed by atoms with E-state index in [0.29, 0.717) is 11.1 Å². The molecule has 0 heterocycles. The zero-order valence-corrected chi connectivity index (χ0v) is 15.7. The lowest BCUT2D eigenvalue weighted by molar-refractivity contribution is -0.219. The summed E-state index contributed by atoms with van der Waals surface area (Å²) in [5.74, 6) is -1.68. The van der Waals surface area contributed by atoms with Crippen molar-refractivity contribution in [3.05, 3.63) is 71.8 Å². The van der Waals surface area contributed by atoms with Crippen molar-refractivity contribution in [3.8, 4) is 0 Å². The van der Waals surface area contributed by atoms with E-state index < -0.39 is 23.9 Å². The third-order valence-corrected chi connectivity index (χ3v) is 3.91. The van der Waals surface area contributed by atoms with Crippen LogP contribution in [-0.2, 0) is 27.4 Å². The highest BCUT2D eigenvalue weighted by Gasteiger charge is 2.63. The van der Waals surface area contributed by atoms with Crippen LogP contribution in [0, 0.1) is 0 Å². The highest BCUT2D eigenvalue weighted by atomic mass is 19.4. The van der Waals surface area contributed by atoms with Gasteiger partial charge in [0.1, 0.15) is 6.61 Å². The maximum atomic E-state index is 13.9. The Kier molecular flexibility index (Phi) is 7.60. The first-order chi connectivity index (χ1) is 13.8. The summed E-state index contributed by atoms with van der Waals surface area (Å²) in [4.78, 5) is 24.4. The molecular formula is C20H21F3N2O4. The molecule has 2 rings (SSSR count). The summed E-state index contributed by atoms with van der Waals surface area (Å²) in [6, 6.07) is 16.5. The number of halogens is 3. The van der Waals surface area contributed by atoms with Gasteiger partial charge in [-0.25, -0.2) is 9.59 Å². The van der Waals surface area contributed by atoms with Crippen molar-refractivity contribution in [1.29, 1.82) is 0 Å².